The van der Waals surface area contributed by atoms with Crippen LogP contribution in [0.3, 0.4) is 0 Å². The van der Waals surface area contributed by atoms with E-state index < -0.39 is 15.8 Å². The smallest absolute Gasteiger partial charge is 0.244 e. The molecule has 1 aliphatic rings. The molecule has 0 aromatic heterocycles. The van der Waals surface area contributed by atoms with Crippen molar-refractivity contribution in [1.29, 1.82) is 0 Å². The zero-order chi connectivity index (χ0) is 14.2. The van der Waals surface area contributed by atoms with Crippen molar-refractivity contribution in [3.63, 3.8) is 0 Å². The fraction of sp³-hybridized carbons (Fsp3) is 0.500. The summed E-state index contributed by atoms with van der Waals surface area (Å²) >= 11 is 5.86. The Morgan fingerprint density at radius 3 is 2.74 bits per heavy atom. The van der Waals surface area contributed by atoms with Crippen molar-refractivity contribution in [2.24, 2.45) is 0 Å². The predicted octanol–water partition coefficient (Wildman–Crippen LogP) is 1.85. The molecule has 1 fully saturated rings. The van der Waals surface area contributed by atoms with E-state index in [0.29, 0.717) is 13.1 Å². The number of sulfonamides is 1. The molecule has 1 aliphatic heterocycles. The van der Waals surface area contributed by atoms with Crippen molar-refractivity contribution < 1.29 is 12.8 Å². The van der Waals surface area contributed by atoms with Gasteiger partial charge >= 0.3 is 0 Å². The molecule has 2 rings (SSSR count). The van der Waals surface area contributed by atoms with Crippen LogP contribution in [0.25, 0.3) is 0 Å². The molecule has 106 valence electrons. The number of hydrogen-bond donors (Lipinski definition) is 1. The highest BCUT2D eigenvalue weighted by molar-refractivity contribution is 7.89. The van der Waals surface area contributed by atoms with Crippen LogP contribution in [0.2, 0.25) is 5.02 Å². The minimum absolute atomic E-state index is 0.0449. The van der Waals surface area contributed by atoms with E-state index in [9.17, 15) is 12.8 Å². The zero-order valence-electron chi connectivity index (χ0n) is 10.7. The van der Waals surface area contributed by atoms with Gasteiger partial charge in [0.1, 0.15) is 10.7 Å². The summed E-state index contributed by atoms with van der Waals surface area (Å²) in [4.78, 5) is -0.0449. The number of benzene rings is 1. The fourth-order valence-electron chi connectivity index (χ4n) is 2.13. The van der Waals surface area contributed by atoms with Gasteiger partial charge in [0, 0.05) is 25.2 Å². The van der Waals surface area contributed by atoms with Crippen LogP contribution in [0.5, 0.6) is 0 Å². The number of hydrogen-bond acceptors (Lipinski definition) is 3. The molecule has 19 heavy (non-hydrogen) atoms. The molecule has 0 bridgehead atoms. The van der Waals surface area contributed by atoms with Crippen molar-refractivity contribution in [3.05, 3.63) is 29.0 Å². The van der Waals surface area contributed by atoms with Gasteiger partial charge in [-0.25, -0.2) is 12.8 Å². The number of halogens is 2. The van der Waals surface area contributed by atoms with Crippen molar-refractivity contribution in [2.75, 3.05) is 13.1 Å². The van der Waals surface area contributed by atoms with Crippen LogP contribution in [0.1, 0.15) is 13.8 Å². The average molecular weight is 307 g/mol. The Morgan fingerprint density at radius 2 is 2.11 bits per heavy atom. The summed E-state index contributed by atoms with van der Waals surface area (Å²) in [5, 5.41) is 3.13. The third-order valence-electron chi connectivity index (χ3n) is 3.19. The normalized spacial score (nSPS) is 25.5. The van der Waals surface area contributed by atoms with Crippen LogP contribution >= 0.6 is 11.6 Å². The van der Waals surface area contributed by atoms with Crippen molar-refractivity contribution in [2.45, 2.75) is 30.8 Å². The summed E-state index contributed by atoms with van der Waals surface area (Å²) in [6.45, 7) is 4.70. The fourth-order valence-corrected chi connectivity index (χ4v) is 4.36. The van der Waals surface area contributed by atoms with Gasteiger partial charge in [0.2, 0.25) is 10.0 Å². The molecule has 1 aromatic carbocycles. The lowest BCUT2D eigenvalue weighted by Crippen LogP contribution is -2.56. The number of nitrogens with one attached hydrogen (secondary N) is 1. The Labute approximate surface area is 117 Å². The van der Waals surface area contributed by atoms with E-state index in [0.717, 1.165) is 12.1 Å². The second-order valence-electron chi connectivity index (χ2n) is 4.81. The Morgan fingerprint density at radius 1 is 1.42 bits per heavy atom. The van der Waals surface area contributed by atoms with E-state index in [1.165, 1.54) is 10.4 Å². The molecule has 0 radical (unpaired) electrons. The van der Waals surface area contributed by atoms with Gasteiger partial charge in [-0.3, -0.25) is 0 Å². The SMILES string of the molecule is CC1CN(S(=O)(=O)c2ccc(F)cc2Cl)C(C)CN1. The molecule has 4 nitrogen and oxygen atoms in total. The minimum Gasteiger partial charge on any atom is -0.311 e. The van der Waals surface area contributed by atoms with Crippen molar-refractivity contribution >= 4 is 21.6 Å². The predicted molar refractivity (Wildman–Crippen MR) is 72.2 cm³/mol. The molecule has 2 unspecified atom stereocenters. The van der Waals surface area contributed by atoms with E-state index in [4.69, 9.17) is 11.6 Å². The summed E-state index contributed by atoms with van der Waals surface area (Å²) in [6, 6.07) is 3.25. The van der Waals surface area contributed by atoms with E-state index in [1.807, 2.05) is 13.8 Å². The average Bonchev–Trinajstić information content (AvgIpc) is 2.31. The summed E-state index contributed by atoms with van der Waals surface area (Å²) in [7, 11) is -3.70. The van der Waals surface area contributed by atoms with Gasteiger partial charge in [-0.2, -0.15) is 4.31 Å². The molecule has 0 aliphatic carbocycles. The van der Waals surface area contributed by atoms with Gasteiger partial charge in [0.15, 0.2) is 0 Å². The Kier molecular flexibility index (Phi) is 4.15. The molecular formula is C12H16ClFN2O2S. The van der Waals surface area contributed by atoms with Gasteiger partial charge < -0.3 is 5.32 Å². The molecule has 0 spiro atoms. The lowest BCUT2D eigenvalue weighted by Gasteiger charge is -2.36. The molecule has 1 aromatic rings. The maximum atomic E-state index is 13.0. The topological polar surface area (TPSA) is 49.4 Å². The summed E-state index contributed by atoms with van der Waals surface area (Å²) < 4.78 is 39.6. The van der Waals surface area contributed by atoms with E-state index >= 15 is 0 Å². The number of piperazine rings is 1. The van der Waals surface area contributed by atoms with Crippen LogP contribution in [-0.2, 0) is 10.0 Å². The second kappa shape index (κ2) is 5.36. The summed E-state index contributed by atoms with van der Waals surface area (Å²) in [5.74, 6) is -0.550. The quantitative estimate of drug-likeness (QED) is 0.907. The summed E-state index contributed by atoms with van der Waals surface area (Å²) in [5.41, 5.74) is 0. The van der Waals surface area contributed by atoms with Crippen LogP contribution in [0, 0.1) is 5.82 Å². The Bertz CT molecular complexity index is 579. The monoisotopic (exact) mass is 306 g/mol. The van der Waals surface area contributed by atoms with E-state index in [2.05, 4.69) is 5.32 Å². The third-order valence-corrected chi connectivity index (χ3v) is 5.65. The first-order valence-corrected chi connectivity index (χ1v) is 7.84. The molecule has 2 atom stereocenters. The zero-order valence-corrected chi connectivity index (χ0v) is 12.3. The van der Waals surface area contributed by atoms with Crippen molar-refractivity contribution in [3.8, 4) is 0 Å². The molecule has 1 saturated heterocycles. The Hall–Kier alpha value is -0.690. The van der Waals surface area contributed by atoms with Crippen LogP contribution in [-0.4, -0.2) is 37.9 Å². The molecular weight excluding hydrogens is 291 g/mol. The van der Waals surface area contributed by atoms with Gasteiger partial charge in [0.25, 0.3) is 0 Å². The minimum atomic E-state index is -3.70. The molecule has 0 amide bonds. The van der Waals surface area contributed by atoms with E-state index in [-0.39, 0.29) is 22.0 Å². The summed E-state index contributed by atoms with van der Waals surface area (Å²) in [6.07, 6.45) is 0. The lowest BCUT2D eigenvalue weighted by atomic mass is 10.2. The number of rotatable bonds is 2. The van der Waals surface area contributed by atoms with Crippen LogP contribution in [0.4, 0.5) is 4.39 Å². The highest BCUT2D eigenvalue weighted by Crippen LogP contribution is 2.27. The maximum absolute atomic E-state index is 13.0. The lowest BCUT2D eigenvalue weighted by molar-refractivity contribution is 0.244. The highest BCUT2D eigenvalue weighted by atomic mass is 35.5. The third kappa shape index (κ3) is 2.91. The maximum Gasteiger partial charge on any atom is 0.244 e. The van der Waals surface area contributed by atoms with Gasteiger partial charge in [-0.1, -0.05) is 11.6 Å². The standard InChI is InChI=1S/C12H16ClFN2O2S/c1-8-7-16(9(2)6-15-8)19(17,18)12-4-3-10(14)5-11(12)13/h3-5,8-9,15H,6-7H2,1-2H3. The highest BCUT2D eigenvalue weighted by Gasteiger charge is 2.34. The first kappa shape index (κ1) is 14.7. The largest absolute Gasteiger partial charge is 0.311 e. The molecule has 1 heterocycles. The first-order chi connectivity index (χ1) is 8.82. The van der Waals surface area contributed by atoms with Crippen molar-refractivity contribution in [1.82, 2.24) is 9.62 Å². The van der Waals surface area contributed by atoms with Crippen LogP contribution < -0.4 is 5.32 Å². The molecule has 7 heteroatoms. The first-order valence-electron chi connectivity index (χ1n) is 6.02. The molecule has 0 saturated carbocycles. The number of nitrogens with zero attached hydrogens (tertiary/aromatic N) is 1. The van der Waals surface area contributed by atoms with Gasteiger partial charge in [-0.05, 0) is 32.0 Å². The molecule has 1 N–H and O–H groups in total. The van der Waals surface area contributed by atoms with E-state index in [1.54, 1.807) is 0 Å². The second-order valence-corrected chi connectivity index (χ2v) is 7.07. The Balaban J connectivity index is 2.41. The van der Waals surface area contributed by atoms with Gasteiger partial charge in [0.05, 0.1) is 5.02 Å². The van der Waals surface area contributed by atoms with Crippen LogP contribution in [0.15, 0.2) is 23.1 Å². The van der Waals surface area contributed by atoms with Gasteiger partial charge in [-0.15, -0.1) is 0 Å².